The van der Waals surface area contributed by atoms with E-state index in [9.17, 15) is 9.90 Å². The monoisotopic (exact) mass is 377 g/mol. The van der Waals surface area contributed by atoms with Crippen LogP contribution in [0, 0.1) is 13.8 Å². The second-order valence-electron chi connectivity index (χ2n) is 7.70. The third-order valence-corrected chi connectivity index (χ3v) is 5.93. The fraction of sp³-hybridized carbons (Fsp3) is 0.737. The minimum absolute atomic E-state index is 0.000937. The van der Waals surface area contributed by atoms with Crippen molar-refractivity contribution in [2.45, 2.75) is 57.7 Å². The standard InChI is InChI=1S/C19H31N5O3/c1-12-13(2)21-16(18(25)20-4)23-17(12)24-8-5-15(11-24)22-14(3)19(26)6-9-27-10-7-19/h14-15,22,26H,5-11H2,1-4H3,(H,20,25)/t14?,15-/m1/s1. The van der Waals surface area contributed by atoms with Gasteiger partial charge in [-0.15, -0.1) is 0 Å². The number of nitrogens with zero attached hydrogens (tertiary/aromatic N) is 3. The lowest BCUT2D eigenvalue weighted by atomic mass is 9.87. The lowest BCUT2D eigenvalue weighted by Gasteiger charge is -2.39. The highest BCUT2D eigenvalue weighted by molar-refractivity contribution is 5.90. The summed E-state index contributed by atoms with van der Waals surface area (Å²) < 4.78 is 5.38. The third kappa shape index (κ3) is 4.23. The quantitative estimate of drug-likeness (QED) is 0.689. The molecule has 150 valence electrons. The molecule has 0 saturated carbocycles. The molecule has 0 aliphatic carbocycles. The Morgan fingerprint density at radius 3 is 2.70 bits per heavy atom. The first-order chi connectivity index (χ1) is 12.8. The average Bonchev–Trinajstić information content (AvgIpc) is 3.12. The van der Waals surface area contributed by atoms with Crippen LogP contribution >= 0.6 is 0 Å². The summed E-state index contributed by atoms with van der Waals surface area (Å²) in [6.45, 7) is 8.82. The molecule has 2 atom stereocenters. The summed E-state index contributed by atoms with van der Waals surface area (Å²) >= 11 is 0. The first-order valence-corrected chi connectivity index (χ1v) is 9.72. The third-order valence-electron chi connectivity index (χ3n) is 5.93. The van der Waals surface area contributed by atoms with Crippen molar-refractivity contribution < 1.29 is 14.6 Å². The summed E-state index contributed by atoms with van der Waals surface area (Å²) in [5, 5.41) is 17.1. The van der Waals surface area contributed by atoms with Gasteiger partial charge in [-0.1, -0.05) is 0 Å². The Balaban J connectivity index is 1.69. The van der Waals surface area contributed by atoms with Crippen molar-refractivity contribution in [2.75, 3.05) is 38.3 Å². The van der Waals surface area contributed by atoms with Gasteiger partial charge in [0.05, 0.1) is 5.60 Å². The number of nitrogens with one attached hydrogen (secondary N) is 2. The van der Waals surface area contributed by atoms with Gasteiger partial charge in [0.25, 0.3) is 5.91 Å². The first-order valence-electron chi connectivity index (χ1n) is 9.72. The lowest BCUT2D eigenvalue weighted by Crippen LogP contribution is -2.55. The number of aromatic nitrogens is 2. The van der Waals surface area contributed by atoms with Gasteiger partial charge in [0, 0.05) is 69.5 Å². The number of aryl methyl sites for hydroxylation is 1. The van der Waals surface area contributed by atoms with Crippen LogP contribution in [0.2, 0.25) is 0 Å². The topological polar surface area (TPSA) is 99.6 Å². The number of carbonyl (C=O) groups excluding carboxylic acids is 1. The van der Waals surface area contributed by atoms with Crippen LogP contribution in [0.1, 0.15) is 48.1 Å². The van der Waals surface area contributed by atoms with E-state index >= 15 is 0 Å². The summed E-state index contributed by atoms with van der Waals surface area (Å²) in [6, 6.07) is 0.269. The minimum Gasteiger partial charge on any atom is -0.388 e. The second-order valence-corrected chi connectivity index (χ2v) is 7.70. The number of carbonyl (C=O) groups is 1. The van der Waals surface area contributed by atoms with E-state index in [1.54, 1.807) is 7.05 Å². The second kappa shape index (κ2) is 8.08. The van der Waals surface area contributed by atoms with Gasteiger partial charge >= 0.3 is 0 Å². The Morgan fingerprint density at radius 2 is 2.04 bits per heavy atom. The van der Waals surface area contributed by atoms with Crippen LogP contribution in [0.4, 0.5) is 5.82 Å². The zero-order valence-corrected chi connectivity index (χ0v) is 16.7. The molecule has 27 heavy (non-hydrogen) atoms. The molecule has 1 unspecified atom stereocenters. The molecular formula is C19H31N5O3. The Morgan fingerprint density at radius 1 is 1.33 bits per heavy atom. The predicted molar refractivity (Wildman–Crippen MR) is 103 cm³/mol. The fourth-order valence-corrected chi connectivity index (χ4v) is 3.89. The van der Waals surface area contributed by atoms with Crippen molar-refractivity contribution in [2.24, 2.45) is 0 Å². The highest BCUT2D eigenvalue weighted by atomic mass is 16.5. The largest absolute Gasteiger partial charge is 0.388 e. The highest BCUT2D eigenvalue weighted by Crippen LogP contribution is 2.27. The predicted octanol–water partition coefficient (Wildman–Crippen LogP) is 0.551. The van der Waals surface area contributed by atoms with Crippen molar-refractivity contribution >= 4 is 11.7 Å². The smallest absolute Gasteiger partial charge is 0.288 e. The van der Waals surface area contributed by atoms with Crippen molar-refractivity contribution in [3.8, 4) is 0 Å². The van der Waals surface area contributed by atoms with Gasteiger partial charge in [0.15, 0.2) is 0 Å². The number of hydrogen-bond acceptors (Lipinski definition) is 7. The highest BCUT2D eigenvalue weighted by Gasteiger charge is 2.38. The summed E-state index contributed by atoms with van der Waals surface area (Å²) in [7, 11) is 1.58. The molecular weight excluding hydrogens is 346 g/mol. The van der Waals surface area contributed by atoms with Crippen molar-refractivity contribution in [3.63, 3.8) is 0 Å². The minimum atomic E-state index is -0.709. The molecule has 1 aromatic heterocycles. The van der Waals surface area contributed by atoms with E-state index in [1.807, 2.05) is 13.8 Å². The molecule has 2 aliphatic rings. The first kappa shape index (κ1) is 20.0. The van der Waals surface area contributed by atoms with Gasteiger partial charge in [0.1, 0.15) is 5.82 Å². The number of ether oxygens (including phenoxy) is 1. The molecule has 3 heterocycles. The summed E-state index contributed by atoms with van der Waals surface area (Å²) in [5.74, 6) is 0.753. The fourth-order valence-electron chi connectivity index (χ4n) is 3.89. The summed E-state index contributed by atoms with van der Waals surface area (Å²) in [6.07, 6.45) is 2.29. The van der Waals surface area contributed by atoms with Gasteiger partial charge in [-0.25, -0.2) is 9.97 Å². The van der Waals surface area contributed by atoms with Gasteiger partial charge in [-0.2, -0.15) is 0 Å². The molecule has 2 fully saturated rings. The molecule has 8 nitrogen and oxygen atoms in total. The van der Waals surface area contributed by atoms with Gasteiger partial charge in [-0.05, 0) is 27.2 Å². The van der Waals surface area contributed by atoms with Crippen LogP contribution in [0.3, 0.4) is 0 Å². The Hall–Kier alpha value is -1.77. The number of aliphatic hydroxyl groups is 1. The molecule has 0 bridgehead atoms. The summed E-state index contributed by atoms with van der Waals surface area (Å²) in [4.78, 5) is 23.0. The molecule has 0 aromatic carbocycles. The van der Waals surface area contributed by atoms with Crippen LogP contribution in [0.5, 0.6) is 0 Å². The van der Waals surface area contributed by atoms with Crippen molar-refractivity contribution in [1.29, 1.82) is 0 Å². The van der Waals surface area contributed by atoms with E-state index in [0.717, 1.165) is 36.6 Å². The maximum Gasteiger partial charge on any atom is 0.288 e. The molecule has 0 spiro atoms. The Kier molecular flexibility index (Phi) is 5.98. The molecule has 1 amide bonds. The normalized spacial score (nSPS) is 23.3. The number of anilines is 1. The van der Waals surface area contributed by atoms with Gasteiger partial charge < -0.3 is 25.4 Å². The molecule has 3 N–H and O–H groups in total. The maximum absolute atomic E-state index is 12.0. The Labute approximate surface area is 160 Å². The number of rotatable bonds is 5. The lowest BCUT2D eigenvalue weighted by molar-refractivity contribution is -0.0830. The van der Waals surface area contributed by atoms with E-state index in [2.05, 4.69) is 32.4 Å². The molecule has 3 rings (SSSR count). The van der Waals surface area contributed by atoms with Crippen LogP contribution in [0.15, 0.2) is 0 Å². The molecule has 2 aliphatic heterocycles. The van der Waals surface area contributed by atoms with E-state index < -0.39 is 5.60 Å². The number of amides is 1. The molecule has 1 aromatic rings. The molecule has 2 saturated heterocycles. The van der Waals surface area contributed by atoms with Gasteiger partial charge in [0.2, 0.25) is 5.82 Å². The number of hydrogen-bond donors (Lipinski definition) is 3. The van der Waals surface area contributed by atoms with Crippen molar-refractivity contribution in [1.82, 2.24) is 20.6 Å². The van der Waals surface area contributed by atoms with Crippen LogP contribution in [-0.2, 0) is 4.74 Å². The zero-order valence-electron chi connectivity index (χ0n) is 16.7. The van der Waals surface area contributed by atoms with E-state index in [1.165, 1.54) is 0 Å². The van der Waals surface area contributed by atoms with E-state index in [4.69, 9.17) is 4.74 Å². The van der Waals surface area contributed by atoms with Crippen molar-refractivity contribution in [3.05, 3.63) is 17.1 Å². The maximum atomic E-state index is 12.0. The van der Waals surface area contributed by atoms with Crippen LogP contribution in [-0.4, -0.2) is 72.0 Å². The van der Waals surface area contributed by atoms with E-state index in [-0.39, 0.29) is 23.8 Å². The average molecular weight is 377 g/mol. The SMILES string of the molecule is CNC(=O)c1nc(C)c(C)c(N2CC[C@@H](NC(C)C3(O)CCOCC3)C2)n1. The summed E-state index contributed by atoms with van der Waals surface area (Å²) in [5.41, 5.74) is 1.11. The van der Waals surface area contributed by atoms with Gasteiger partial charge in [-0.3, -0.25) is 4.79 Å². The molecule has 0 radical (unpaired) electrons. The van der Waals surface area contributed by atoms with Crippen LogP contribution < -0.4 is 15.5 Å². The molecule has 8 heteroatoms. The zero-order chi connectivity index (χ0) is 19.6. The Bertz CT molecular complexity index is 690. The van der Waals surface area contributed by atoms with E-state index in [0.29, 0.717) is 26.1 Å². The van der Waals surface area contributed by atoms with Crippen LogP contribution in [0.25, 0.3) is 0 Å².